The topological polar surface area (TPSA) is 34.8 Å². The van der Waals surface area contributed by atoms with Crippen molar-refractivity contribution < 1.29 is 13.9 Å². The Kier molecular flexibility index (Phi) is 4.01. The molecule has 0 radical (unpaired) electrons. The molecule has 0 N–H and O–H groups in total. The van der Waals surface area contributed by atoms with Crippen molar-refractivity contribution in [2.24, 2.45) is 0 Å². The highest BCUT2D eigenvalue weighted by atomic mass is 16.5. The highest BCUT2D eigenvalue weighted by Gasteiger charge is 2.43. The molecule has 3 rings (SSSR count). The van der Waals surface area contributed by atoms with E-state index in [4.69, 9.17) is 13.9 Å². The summed E-state index contributed by atoms with van der Waals surface area (Å²) in [4.78, 5) is 2.46. The Bertz CT molecular complexity index is 404. The lowest BCUT2D eigenvalue weighted by molar-refractivity contribution is -0.112. The summed E-state index contributed by atoms with van der Waals surface area (Å²) in [5, 5.41) is 0. The summed E-state index contributed by atoms with van der Waals surface area (Å²) >= 11 is 0. The number of rotatable bonds is 5. The summed E-state index contributed by atoms with van der Waals surface area (Å²) in [6, 6.07) is 4.43. The van der Waals surface area contributed by atoms with Crippen LogP contribution >= 0.6 is 0 Å². The molecule has 1 aliphatic carbocycles. The minimum atomic E-state index is 0.198. The zero-order valence-corrected chi connectivity index (χ0v) is 11.2. The Morgan fingerprint density at radius 2 is 2.42 bits per heavy atom. The Balaban J connectivity index is 1.63. The molecule has 0 aromatic carbocycles. The third-order valence-corrected chi connectivity index (χ3v) is 4.02. The number of fused-ring (bicyclic) bond motifs is 1. The molecule has 4 heteroatoms. The van der Waals surface area contributed by atoms with E-state index in [1.807, 2.05) is 12.1 Å². The van der Waals surface area contributed by atoms with Gasteiger partial charge in [-0.25, -0.2) is 0 Å². The third kappa shape index (κ3) is 2.76. The number of ether oxygens (including phenoxy) is 2. The summed E-state index contributed by atoms with van der Waals surface area (Å²) in [5.74, 6) is 1.02. The lowest BCUT2D eigenvalue weighted by Gasteiger charge is -2.38. The fraction of sp³-hybridized carbons (Fsp3) is 0.600. The quantitative estimate of drug-likeness (QED) is 0.763. The Morgan fingerprint density at radius 1 is 1.47 bits per heavy atom. The van der Waals surface area contributed by atoms with Crippen LogP contribution in [0.4, 0.5) is 0 Å². The van der Waals surface area contributed by atoms with Crippen LogP contribution in [0.25, 0.3) is 0 Å². The minimum Gasteiger partial charge on any atom is -0.468 e. The van der Waals surface area contributed by atoms with Crippen molar-refractivity contribution in [2.75, 3.05) is 19.8 Å². The van der Waals surface area contributed by atoms with Gasteiger partial charge < -0.3 is 13.9 Å². The molecule has 2 aliphatic rings. The van der Waals surface area contributed by atoms with Gasteiger partial charge in [0.25, 0.3) is 0 Å². The SMILES string of the molecule is C=CCO[C@@H]1CC[C@@H]2[C@@H]1OCCN2Cc1ccco1. The molecule has 19 heavy (non-hydrogen) atoms. The maximum Gasteiger partial charge on any atom is 0.117 e. The summed E-state index contributed by atoms with van der Waals surface area (Å²) in [6.45, 7) is 6.92. The number of morpholine rings is 1. The predicted molar refractivity (Wildman–Crippen MR) is 71.8 cm³/mol. The molecule has 0 amide bonds. The first kappa shape index (κ1) is 12.9. The zero-order chi connectivity index (χ0) is 13.1. The Labute approximate surface area is 114 Å². The molecule has 4 nitrogen and oxygen atoms in total. The van der Waals surface area contributed by atoms with E-state index in [1.54, 1.807) is 12.3 Å². The Hall–Kier alpha value is -1.10. The number of hydrogen-bond acceptors (Lipinski definition) is 4. The van der Waals surface area contributed by atoms with Crippen molar-refractivity contribution in [3.8, 4) is 0 Å². The molecule has 0 spiro atoms. The molecular weight excluding hydrogens is 242 g/mol. The van der Waals surface area contributed by atoms with Crippen LogP contribution < -0.4 is 0 Å². The largest absolute Gasteiger partial charge is 0.468 e. The molecule has 1 aliphatic heterocycles. The van der Waals surface area contributed by atoms with Gasteiger partial charge in [0.1, 0.15) is 5.76 Å². The van der Waals surface area contributed by atoms with Crippen molar-refractivity contribution in [1.29, 1.82) is 0 Å². The van der Waals surface area contributed by atoms with E-state index in [-0.39, 0.29) is 12.2 Å². The molecular formula is C15H21NO3. The first-order valence-corrected chi connectivity index (χ1v) is 6.99. The fourth-order valence-electron chi connectivity index (χ4n) is 3.16. The first-order chi connectivity index (χ1) is 9.38. The normalized spacial score (nSPS) is 31.3. The molecule has 2 fully saturated rings. The van der Waals surface area contributed by atoms with E-state index in [9.17, 15) is 0 Å². The fourth-order valence-corrected chi connectivity index (χ4v) is 3.16. The summed E-state index contributed by atoms with van der Waals surface area (Å²) in [5.41, 5.74) is 0. The summed E-state index contributed by atoms with van der Waals surface area (Å²) < 4.78 is 17.2. The minimum absolute atomic E-state index is 0.198. The van der Waals surface area contributed by atoms with Crippen LogP contribution in [-0.4, -0.2) is 42.9 Å². The van der Waals surface area contributed by atoms with E-state index < -0.39 is 0 Å². The van der Waals surface area contributed by atoms with Gasteiger partial charge in [-0.2, -0.15) is 0 Å². The predicted octanol–water partition coefficient (Wildman–Crippen LogP) is 2.21. The smallest absolute Gasteiger partial charge is 0.117 e. The average molecular weight is 263 g/mol. The summed E-state index contributed by atoms with van der Waals surface area (Å²) in [7, 11) is 0. The van der Waals surface area contributed by atoms with Gasteiger partial charge in [-0.3, -0.25) is 4.90 Å². The maximum atomic E-state index is 5.93. The second-order valence-corrected chi connectivity index (χ2v) is 5.19. The molecule has 0 unspecified atom stereocenters. The van der Waals surface area contributed by atoms with Crippen molar-refractivity contribution >= 4 is 0 Å². The van der Waals surface area contributed by atoms with Crippen LogP contribution in [0.5, 0.6) is 0 Å². The van der Waals surface area contributed by atoms with Crippen LogP contribution in [0.15, 0.2) is 35.5 Å². The zero-order valence-electron chi connectivity index (χ0n) is 11.2. The molecule has 1 saturated carbocycles. The monoisotopic (exact) mass is 263 g/mol. The Morgan fingerprint density at radius 3 is 3.21 bits per heavy atom. The second-order valence-electron chi connectivity index (χ2n) is 5.19. The van der Waals surface area contributed by atoms with E-state index in [0.717, 1.165) is 38.3 Å². The number of hydrogen-bond donors (Lipinski definition) is 0. The van der Waals surface area contributed by atoms with E-state index in [0.29, 0.717) is 12.6 Å². The van der Waals surface area contributed by atoms with Gasteiger partial charge in [0, 0.05) is 12.6 Å². The van der Waals surface area contributed by atoms with E-state index in [2.05, 4.69) is 11.5 Å². The lowest BCUT2D eigenvalue weighted by atomic mass is 10.1. The summed E-state index contributed by atoms with van der Waals surface area (Å²) in [6.07, 6.45) is 6.14. The highest BCUT2D eigenvalue weighted by molar-refractivity contribution is 5.02. The third-order valence-electron chi connectivity index (χ3n) is 4.02. The van der Waals surface area contributed by atoms with Gasteiger partial charge in [0.2, 0.25) is 0 Å². The highest BCUT2D eigenvalue weighted by Crippen LogP contribution is 2.32. The standard InChI is InChI=1S/C15H21NO3/c1-2-8-18-14-6-5-13-15(14)19-10-7-16(13)11-12-4-3-9-17-12/h2-4,9,13-15H,1,5-8,10-11H2/t13-,14-,15+/m1/s1. The van der Waals surface area contributed by atoms with Crippen molar-refractivity contribution in [3.63, 3.8) is 0 Å². The van der Waals surface area contributed by atoms with Gasteiger partial charge in [-0.1, -0.05) is 6.08 Å². The van der Waals surface area contributed by atoms with Crippen molar-refractivity contribution in [2.45, 2.75) is 37.6 Å². The average Bonchev–Trinajstić information content (AvgIpc) is 3.06. The molecule has 104 valence electrons. The van der Waals surface area contributed by atoms with E-state index in [1.165, 1.54) is 0 Å². The first-order valence-electron chi connectivity index (χ1n) is 6.99. The van der Waals surface area contributed by atoms with Crippen LogP contribution in [0.1, 0.15) is 18.6 Å². The van der Waals surface area contributed by atoms with E-state index >= 15 is 0 Å². The van der Waals surface area contributed by atoms with Gasteiger partial charge in [0.05, 0.1) is 38.2 Å². The maximum absolute atomic E-state index is 5.93. The lowest BCUT2D eigenvalue weighted by Crippen LogP contribution is -2.51. The van der Waals surface area contributed by atoms with Crippen LogP contribution in [0, 0.1) is 0 Å². The van der Waals surface area contributed by atoms with Crippen LogP contribution in [0.3, 0.4) is 0 Å². The molecule has 2 heterocycles. The number of furan rings is 1. The molecule has 1 aromatic rings. The second kappa shape index (κ2) is 5.90. The molecule has 1 aromatic heterocycles. The van der Waals surface area contributed by atoms with Gasteiger partial charge in [-0.05, 0) is 25.0 Å². The van der Waals surface area contributed by atoms with Crippen molar-refractivity contribution in [1.82, 2.24) is 4.90 Å². The van der Waals surface area contributed by atoms with Gasteiger partial charge in [-0.15, -0.1) is 6.58 Å². The van der Waals surface area contributed by atoms with Crippen molar-refractivity contribution in [3.05, 3.63) is 36.8 Å². The van der Waals surface area contributed by atoms with Crippen LogP contribution in [-0.2, 0) is 16.0 Å². The number of nitrogens with zero attached hydrogens (tertiary/aromatic N) is 1. The molecule has 0 bridgehead atoms. The molecule has 3 atom stereocenters. The van der Waals surface area contributed by atoms with Gasteiger partial charge >= 0.3 is 0 Å². The van der Waals surface area contributed by atoms with Gasteiger partial charge in [0.15, 0.2) is 0 Å². The van der Waals surface area contributed by atoms with Crippen LogP contribution in [0.2, 0.25) is 0 Å². The molecule has 1 saturated heterocycles.